The summed E-state index contributed by atoms with van der Waals surface area (Å²) in [6.07, 6.45) is -0.574. The molecule has 1 unspecified atom stereocenters. The standard InChI is InChI=1S/C14H18N2O3/c1-4-19-13(18)16-11-12(17)15-10-8-6-5-7-9(10)14(11,2)3/h5-8,11H,4H2,1-3H3,(H,15,17)(H,16,18). The number of carbonyl (C=O) groups excluding carboxylic acids is 2. The van der Waals surface area contributed by atoms with Gasteiger partial charge in [0.1, 0.15) is 6.04 Å². The Bertz CT molecular complexity index is 511. The Morgan fingerprint density at radius 1 is 1.42 bits per heavy atom. The van der Waals surface area contributed by atoms with Crippen molar-refractivity contribution in [1.29, 1.82) is 0 Å². The molecular weight excluding hydrogens is 244 g/mol. The highest BCUT2D eigenvalue weighted by atomic mass is 16.5. The third kappa shape index (κ3) is 2.41. The molecule has 5 nitrogen and oxygen atoms in total. The van der Waals surface area contributed by atoms with Crippen LogP contribution in [0.25, 0.3) is 0 Å². The van der Waals surface area contributed by atoms with Crippen molar-refractivity contribution in [3.05, 3.63) is 29.8 Å². The van der Waals surface area contributed by atoms with Crippen LogP contribution >= 0.6 is 0 Å². The van der Waals surface area contributed by atoms with Crippen molar-refractivity contribution in [3.8, 4) is 0 Å². The zero-order valence-electron chi connectivity index (χ0n) is 11.3. The number of benzene rings is 1. The van der Waals surface area contributed by atoms with Gasteiger partial charge in [0.15, 0.2) is 0 Å². The molecule has 0 saturated carbocycles. The molecule has 0 aromatic heterocycles. The number of para-hydroxylation sites is 1. The van der Waals surface area contributed by atoms with E-state index in [0.29, 0.717) is 0 Å². The van der Waals surface area contributed by atoms with Crippen molar-refractivity contribution >= 4 is 17.7 Å². The first kappa shape index (κ1) is 13.4. The minimum absolute atomic E-state index is 0.225. The molecule has 0 radical (unpaired) electrons. The van der Waals surface area contributed by atoms with Gasteiger partial charge in [0.05, 0.1) is 6.61 Å². The van der Waals surface area contributed by atoms with E-state index in [1.807, 2.05) is 38.1 Å². The lowest BCUT2D eigenvalue weighted by atomic mass is 9.74. The van der Waals surface area contributed by atoms with Gasteiger partial charge in [-0.2, -0.15) is 0 Å². The van der Waals surface area contributed by atoms with E-state index in [1.165, 1.54) is 0 Å². The molecule has 1 aliphatic rings. The molecule has 0 spiro atoms. The van der Waals surface area contributed by atoms with E-state index in [0.717, 1.165) is 11.3 Å². The Hall–Kier alpha value is -2.04. The van der Waals surface area contributed by atoms with Crippen LogP contribution in [0.4, 0.5) is 10.5 Å². The van der Waals surface area contributed by atoms with E-state index < -0.39 is 17.6 Å². The van der Waals surface area contributed by atoms with Crippen LogP contribution in [-0.4, -0.2) is 24.6 Å². The summed E-state index contributed by atoms with van der Waals surface area (Å²) in [4.78, 5) is 23.7. The quantitative estimate of drug-likeness (QED) is 0.857. The third-order valence-corrected chi connectivity index (χ3v) is 3.40. The molecule has 1 atom stereocenters. The first-order valence-corrected chi connectivity index (χ1v) is 6.30. The van der Waals surface area contributed by atoms with Crippen LogP contribution in [0.2, 0.25) is 0 Å². The van der Waals surface area contributed by atoms with Crippen LogP contribution in [0.15, 0.2) is 24.3 Å². The number of alkyl carbamates (subject to hydrolysis) is 1. The molecule has 102 valence electrons. The number of carbonyl (C=O) groups is 2. The predicted octanol–water partition coefficient (Wildman–Crippen LogP) is 2.03. The minimum Gasteiger partial charge on any atom is -0.450 e. The lowest BCUT2D eigenvalue weighted by Gasteiger charge is -2.39. The highest BCUT2D eigenvalue weighted by molar-refractivity contribution is 6.01. The maximum absolute atomic E-state index is 12.1. The molecule has 0 fully saturated rings. The first-order valence-electron chi connectivity index (χ1n) is 6.30. The molecule has 0 aliphatic carbocycles. The summed E-state index contributed by atoms with van der Waals surface area (Å²) in [7, 11) is 0. The Morgan fingerprint density at radius 2 is 2.11 bits per heavy atom. The number of nitrogens with one attached hydrogen (secondary N) is 2. The molecule has 1 heterocycles. The molecule has 1 aliphatic heterocycles. The molecule has 0 bridgehead atoms. The predicted molar refractivity (Wildman–Crippen MR) is 72.0 cm³/mol. The molecule has 2 amide bonds. The second-order valence-electron chi connectivity index (χ2n) is 5.05. The number of hydrogen-bond acceptors (Lipinski definition) is 3. The summed E-state index contributed by atoms with van der Waals surface area (Å²) >= 11 is 0. The second kappa shape index (κ2) is 4.91. The van der Waals surface area contributed by atoms with Crippen LogP contribution in [-0.2, 0) is 14.9 Å². The molecular formula is C14H18N2O3. The second-order valence-corrected chi connectivity index (χ2v) is 5.05. The van der Waals surface area contributed by atoms with Gasteiger partial charge in [-0.15, -0.1) is 0 Å². The van der Waals surface area contributed by atoms with Gasteiger partial charge in [0.2, 0.25) is 5.91 Å². The summed E-state index contributed by atoms with van der Waals surface area (Å²) < 4.78 is 4.84. The largest absolute Gasteiger partial charge is 0.450 e. The first-order chi connectivity index (χ1) is 8.96. The van der Waals surface area contributed by atoms with E-state index in [2.05, 4.69) is 10.6 Å². The van der Waals surface area contributed by atoms with E-state index in [9.17, 15) is 9.59 Å². The van der Waals surface area contributed by atoms with Gasteiger partial charge < -0.3 is 15.4 Å². The van der Waals surface area contributed by atoms with Gasteiger partial charge in [-0.05, 0) is 18.6 Å². The van der Waals surface area contributed by atoms with E-state index >= 15 is 0 Å². The number of rotatable bonds is 2. The summed E-state index contributed by atoms with van der Waals surface area (Å²) in [5.41, 5.74) is 1.29. The monoisotopic (exact) mass is 262 g/mol. The molecule has 0 saturated heterocycles. The van der Waals surface area contributed by atoms with Crippen molar-refractivity contribution < 1.29 is 14.3 Å². The Kier molecular flexibility index (Phi) is 3.46. The van der Waals surface area contributed by atoms with Gasteiger partial charge in [-0.25, -0.2) is 4.79 Å². The summed E-state index contributed by atoms with van der Waals surface area (Å²) in [5, 5.41) is 5.43. The molecule has 5 heteroatoms. The van der Waals surface area contributed by atoms with Gasteiger partial charge >= 0.3 is 6.09 Å². The number of amides is 2. The van der Waals surface area contributed by atoms with Crippen LogP contribution in [0.5, 0.6) is 0 Å². The van der Waals surface area contributed by atoms with Gasteiger partial charge in [0.25, 0.3) is 0 Å². The Balaban J connectivity index is 2.31. The van der Waals surface area contributed by atoms with Crippen LogP contribution in [0, 0.1) is 0 Å². The fourth-order valence-corrected chi connectivity index (χ4v) is 2.38. The highest BCUT2D eigenvalue weighted by Gasteiger charge is 2.43. The van der Waals surface area contributed by atoms with Crippen LogP contribution in [0.1, 0.15) is 26.3 Å². The van der Waals surface area contributed by atoms with Gasteiger partial charge in [-0.1, -0.05) is 32.0 Å². The summed E-state index contributed by atoms with van der Waals surface area (Å²) in [6, 6.07) is 6.94. The molecule has 2 N–H and O–H groups in total. The number of anilines is 1. The Labute approximate surface area is 112 Å². The summed E-state index contributed by atoms with van der Waals surface area (Å²) in [6.45, 7) is 5.86. The number of hydrogen-bond donors (Lipinski definition) is 2. The minimum atomic E-state index is -0.651. The highest BCUT2D eigenvalue weighted by Crippen LogP contribution is 2.37. The zero-order chi connectivity index (χ0) is 14.0. The smallest absolute Gasteiger partial charge is 0.407 e. The average molecular weight is 262 g/mol. The normalized spacial score (nSPS) is 20.2. The van der Waals surface area contributed by atoms with Crippen molar-refractivity contribution in [2.45, 2.75) is 32.2 Å². The lowest BCUT2D eigenvalue weighted by molar-refractivity contribution is -0.119. The fraction of sp³-hybridized carbons (Fsp3) is 0.429. The van der Waals surface area contributed by atoms with E-state index in [-0.39, 0.29) is 12.5 Å². The van der Waals surface area contributed by atoms with Crippen molar-refractivity contribution in [2.75, 3.05) is 11.9 Å². The molecule has 19 heavy (non-hydrogen) atoms. The summed E-state index contributed by atoms with van der Waals surface area (Å²) in [5.74, 6) is -0.225. The van der Waals surface area contributed by atoms with Gasteiger partial charge in [0, 0.05) is 11.1 Å². The topological polar surface area (TPSA) is 67.4 Å². The van der Waals surface area contributed by atoms with Crippen LogP contribution < -0.4 is 10.6 Å². The number of fused-ring (bicyclic) bond motifs is 1. The van der Waals surface area contributed by atoms with Crippen molar-refractivity contribution in [3.63, 3.8) is 0 Å². The third-order valence-electron chi connectivity index (χ3n) is 3.40. The Morgan fingerprint density at radius 3 is 2.79 bits per heavy atom. The van der Waals surface area contributed by atoms with Crippen LogP contribution in [0.3, 0.4) is 0 Å². The molecule has 2 rings (SSSR count). The molecule has 1 aromatic rings. The van der Waals surface area contributed by atoms with E-state index in [1.54, 1.807) is 6.92 Å². The SMILES string of the molecule is CCOC(=O)NC1C(=O)Nc2ccccc2C1(C)C. The van der Waals surface area contributed by atoms with Crippen molar-refractivity contribution in [1.82, 2.24) is 5.32 Å². The molecule has 1 aromatic carbocycles. The maximum atomic E-state index is 12.1. The van der Waals surface area contributed by atoms with E-state index in [4.69, 9.17) is 4.74 Å². The van der Waals surface area contributed by atoms with Gasteiger partial charge in [-0.3, -0.25) is 4.79 Å². The van der Waals surface area contributed by atoms with Crippen molar-refractivity contribution in [2.24, 2.45) is 0 Å². The maximum Gasteiger partial charge on any atom is 0.407 e. The average Bonchev–Trinajstić information content (AvgIpc) is 2.35. The number of ether oxygens (including phenoxy) is 1. The zero-order valence-corrected chi connectivity index (χ0v) is 11.3. The lowest BCUT2D eigenvalue weighted by Crippen LogP contribution is -2.57. The fourth-order valence-electron chi connectivity index (χ4n) is 2.38.